The molecule has 0 aliphatic rings. The van der Waals surface area contributed by atoms with Crippen LogP contribution in [0.2, 0.25) is 10.6 Å². The molecule has 0 aliphatic heterocycles. The summed E-state index contributed by atoms with van der Waals surface area (Å²) in [5.41, 5.74) is 0. The van der Waals surface area contributed by atoms with E-state index in [1.165, 1.54) is 12.8 Å². The predicted molar refractivity (Wildman–Crippen MR) is 48.6 cm³/mol. The topological polar surface area (TPSA) is 3.24 Å². The van der Waals surface area contributed by atoms with E-state index in [0.717, 1.165) is 4.43 Å². The quantitative estimate of drug-likeness (QED) is 0.697. The summed E-state index contributed by atoms with van der Waals surface area (Å²) in [6.45, 7) is 3.75. The molecule has 0 amide bonds. The molecule has 0 aromatic rings. The zero-order chi connectivity index (χ0) is 8.85. The van der Waals surface area contributed by atoms with Crippen LogP contribution >= 0.6 is 0 Å². The van der Waals surface area contributed by atoms with Crippen LogP contribution < -0.4 is 0 Å². The van der Waals surface area contributed by atoms with Crippen molar-refractivity contribution in [2.45, 2.75) is 27.9 Å². The van der Waals surface area contributed by atoms with E-state index < -0.39 is 17.3 Å². The van der Waals surface area contributed by atoms with Gasteiger partial charge in [-0.3, -0.25) is 0 Å². The second-order valence-corrected chi connectivity index (χ2v) is 9.31. The molecule has 0 saturated heterocycles. The Morgan fingerprint density at radius 1 is 1.45 bits per heavy atom. The van der Waals surface area contributed by atoms with Gasteiger partial charge in [0.05, 0.1) is 0 Å². The van der Waals surface area contributed by atoms with Crippen LogP contribution in [-0.4, -0.2) is 23.4 Å². The first-order valence-corrected chi connectivity index (χ1v) is 9.55. The van der Waals surface area contributed by atoms with Gasteiger partial charge in [-0.15, -0.1) is 0 Å². The number of allylic oxidation sites excluding steroid dienone is 1. The second-order valence-electron chi connectivity index (χ2n) is 2.90. The Bertz CT molecular complexity index is 102. The van der Waals surface area contributed by atoms with Gasteiger partial charge in [-0.2, -0.15) is 0 Å². The van der Waals surface area contributed by atoms with Crippen LogP contribution in [0.4, 0.5) is 0 Å². The Balaban J connectivity index is 3.79. The van der Waals surface area contributed by atoms with Gasteiger partial charge in [0, 0.05) is 0 Å². The number of hydrogen-bond donors (Lipinski definition) is 0. The fourth-order valence-corrected chi connectivity index (χ4v) is 5.05. The standard InChI is InChI=1S/C7H14N.2CH3.Pt/c1-4-5-6-7-8(2)3;;;/h4,7H,1,5-6H2,2-3H3;2*1H3;. The summed E-state index contributed by atoms with van der Waals surface area (Å²) in [6.07, 6.45) is 4.49. The molecule has 1 atom stereocenters. The first-order chi connectivity index (χ1) is 5.09. The molecular formula is C9H20NPt. The van der Waals surface area contributed by atoms with E-state index >= 15 is 0 Å². The van der Waals surface area contributed by atoms with E-state index in [-0.39, 0.29) is 0 Å². The average molecular weight is 337 g/mol. The monoisotopic (exact) mass is 337 g/mol. The van der Waals surface area contributed by atoms with Crippen molar-refractivity contribution in [1.29, 1.82) is 0 Å². The molecule has 0 rings (SSSR count). The summed E-state index contributed by atoms with van der Waals surface area (Å²) in [4.78, 5) is 2.37. The molecule has 1 unspecified atom stereocenters. The molecule has 0 N–H and O–H groups in total. The molecule has 71 valence electrons. The van der Waals surface area contributed by atoms with Gasteiger partial charge in [0.1, 0.15) is 0 Å². The van der Waals surface area contributed by atoms with Crippen LogP contribution in [0, 0.1) is 0 Å². The normalized spacial score (nSPS) is 14.8. The van der Waals surface area contributed by atoms with E-state index in [0.29, 0.717) is 0 Å². The molecule has 0 heterocycles. The minimum absolute atomic E-state index is 0.662. The molecule has 11 heavy (non-hydrogen) atoms. The van der Waals surface area contributed by atoms with Crippen molar-refractivity contribution in [3.8, 4) is 0 Å². The van der Waals surface area contributed by atoms with Gasteiger partial charge in [-0.05, 0) is 0 Å². The van der Waals surface area contributed by atoms with Crippen LogP contribution in [0.25, 0.3) is 0 Å². The van der Waals surface area contributed by atoms with Gasteiger partial charge in [-0.1, -0.05) is 0 Å². The molecule has 0 bridgehead atoms. The van der Waals surface area contributed by atoms with Crippen molar-refractivity contribution >= 4 is 0 Å². The zero-order valence-corrected chi connectivity index (χ0v) is 10.3. The molecule has 1 nitrogen and oxygen atoms in total. The van der Waals surface area contributed by atoms with Crippen molar-refractivity contribution in [2.75, 3.05) is 14.1 Å². The number of hydrogen-bond acceptors (Lipinski definition) is 1. The average Bonchev–Trinajstić information content (AvgIpc) is 1.87. The third-order valence-corrected chi connectivity index (χ3v) is 6.40. The van der Waals surface area contributed by atoms with Crippen LogP contribution in [0.5, 0.6) is 0 Å². The third kappa shape index (κ3) is 4.76. The van der Waals surface area contributed by atoms with Crippen LogP contribution in [-0.2, 0) is 17.3 Å². The summed E-state index contributed by atoms with van der Waals surface area (Å²) in [7, 11) is 4.37. The first-order valence-electron chi connectivity index (χ1n) is 3.69. The van der Waals surface area contributed by atoms with Gasteiger partial charge in [0.2, 0.25) is 0 Å². The third-order valence-electron chi connectivity index (χ3n) is 1.54. The van der Waals surface area contributed by atoms with Gasteiger partial charge in [0.15, 0.2) is 0 Å². The molecule has 0 aliphatic carbocycles. The molecular weight excluding hydrogens is 317 g/mol. The number of rotatable bonds is 5. The van der Waals surface area contributed by atoms with E-state index in [1.54, 1.807) is 0 Å². The fraction of sp³-hybridized carbons (Fsp3) is 0.778. The fourth-order valence-electron chi connectivity index (χ4n) is 1.01. The van der Waals surface area contributed by atoms with Gasteiger partial charge >= 0.3 is 76.9 Å². The maximum atomic E-state index is 3.75. The van der Waals surface area contributed by atoms with Gasteiger partial charge in [-0.25, -0.2) is 0 Å². The minimum atomic E-state index is -0.662. The molecule has 0 aromatic carbocycles. The van der Waals surface area contributed by atoms with Crippen molar-refractivity contribution in [3.63, 3.8) is 0 Å². The van der Waals surface area contributed by atoms with Crippen molar-refractivity contribution < 1.29 is 17.3 Å². The molecule has 0 aromatic heterocycles. The molecule has 0 radical (unpaired) electrons. The Morgan fingerprint density at radius 2 is 2.00 bits per heavy atom. The molecule has 0 spiro atoms. The summed E-state index contributed by atoms with van der Waals surface area (Å²) in [6, 6.07) is 0. The second kappa shape index (κ2) is 5.97. The van der Waals surface area contributed by atoms with Gasteiger partial charge < -0.3 is 0 Å². The summed E-state index contributed by atoms with van der Waals surface area (Å²) in [5.74, 6) is 0. The summed E-state index contributed by atoms with van der Waals surface area (Å²) in [5, 5.41) is 4.86. The van der Waals surface area contributed by atoms with Crippen molar-refractivity contribution in [1.82, 2.24) is 4.90 Å². The summed E-state index contributed by atoms with van der Waals surface area (Å²) >= 11 is -0.662. The maximum absolute atomic E-state index is 3.75. The Hall–Kier alpha value is 0.388. The first kappa shape index (κ1) is 11.4. The Labute approximate surface area is 77.0 Å². The number of nitrogens with zero attached hydrogens (tertiary/aromatic N) is 1. The van der Waals surface area contributed by atoms with Crippen LogP contribution in [0.3, 0.4) is 0 Å². The molecule has 0 fully saturated rings. The molecule has 2 heteroatoms. The van der Waals surface area contributed by atoms with Crippen LogP contribution in [0.15, 0.2) is 12.7 Å². The Morgan fingerprint density at radius 3 is 2.27 bits per heavy atom. The predicted octanol–water partition coefficient (Wildman–Crippen LogP) is 2.55. The van der Waals surface area contributed by atoms with E-state index in [4.69, 9.17) is 0 Å². The Kier molecular flexibility index (Phi) is 6.18. The van der Waals surface area contributed by atoms with Crippen molar-refractivity contribution in [2.24, 2.45) is 0 Å². The van der Waals surface area contributed by atoms with Crippen molar-refractivity contribution in [3.05, 3.63) is 12.7 Å². The van der Waals surface area contributed by atoms with Crippen LogP contribution in [0.1, 0.15) is 12.8 Å². The molecule has 0 saturated carbocycles. The van der Waals surface area contributed by atoms with E-state index in [1.807, 2.05) is 6.08 Å². The van der Waals surface area contributed by atoms with E-state index in [2.05, 4.69) is 36.2 Å². The SMILES string of the molecule is C=CCC[CH](N(C)C)[Pt]([CH3])[CH3]. The summed E-state index contributed by atoms with van der Waals surface area (Å²) < 4.78 is 0.859. The zero-order valence-electron chi connectivity index (χ0n) is 8.04. The van der Waals surface area contributed by atoms with Gasteiger partial charge in [0.25, 0.3) is 0 Å². The van der Waals surface area contributed by atoms with E-state index in [9.17, 15) is 0 Å².